The molecule has 0 bridgehead atoms. The minimum atomic E-state index is -0.187. The Morgan fingerprint density at radius 3 is 2.57 bits per heavy atom. The number of H-pyrrole nitrogens is 1. The highest BCUT2D eigenvalue weighted by atomic mass is 16.1. The van der Waals surface area contributed by atoms with Gasteiger partial charge in [0, 0.05) is 6.20 Å². The fourth-order valence-electron chi connectivity index (χ4n) is 1.15. The molecule has 4 heteroatoms. The molecular weight excluding hydrogens is 178 g/mol. The molecule has 0 spiro atoms. The second kappa shape index (κ2) is 4.09. The van der Waals surface area contributed by atoms with Crippen LogP contribution in [0.15, 0.2) is 17.1 Å². The summed E-state index contributed by atoms with van der Waals surface area (Å²) in [4.78, 5) is 11.1. The second-order valence-electron chi connectivity index (χ2n) is 2.90. The zero-order valence-electron chi connectivity index (χ0n) is 8.96. The molecule has 2 rings (SSSR count). The van der Waals surface area contributed by atoms with Crippen LogP contribution in [0.1, 0.15) is 25.0 Å². The van der Waals surface area contributed by atoms with Gasteiger partial charge >= 0.3 is 5.69 Å². The average molecular weight is 193 g/mol. The van der Waals surface area contributed by atoms with Crippen molar-refractivity contribution in [2.24, 2.45) is 0 Å². The maximum absolute atomic E-state index is 11.1. The van der Waals surface area contributed by atoms with E-state index >= 15 is 0 Å². The van der Waals surface area contributed by atoms with E-state index < -0.39 is 0 Å². The maximum Gasteiger partial charge on any atom is 0.347 e. The Bertz CT molecular complexity index is 482. The number of nitrogens with one attached hydrogen (secondary N) is 1. The standard InChI is InChI=1S/C8H9N3O.C2H6/c1-5-3-7-9-10-8(12)11(7)4-6(5)2;1-2/h3-4H,1-2H3,(H,10,12);1-2H3. The minimum absolute atomic E-state index is 0.187. The molecule has 0 aliphatic heterocycles. The van der Waals surface area contributed by atoms with Crippen LogP contribution in [0.3, 0.4) is 0 Å². The van der Waals surface area contributed by atoms with Gasteiger partial charge in [-0.05, 0) is 31.0 Å². The van der Waals surface area contributed by atoms with E-state index in [0.29, 0.717) is 5.65 Å². The van der Waals surface area contributed by atoms with E-state index in [1.807, 2.05) is 33.8 Å². The Morgan fingerprint density at radius 1 is 1.29 bits per heavy atom. The Hall–Kier alpha value is -1.58. The molecule has 0 amide bonds. The van der Waals surface area contributed by atoms with Gasteiger partial charge in [-0.25, -0.2) is 9.89 Å². The summed E-state index contributed by atoms with van der Waals surface area (Å²) < 4.78 is 1.50. The van der Waals surface area contributed by atoms with Crippen LogP contribution in [0.25, 0.3) is 5.65 Å². The zero-order valence-corrected chi connectivity index (χ0v) is 8.96. The van der Waals surface area contributed by atoms with E-state index in [1.165, 1.54) is 4.40 Å². The van der Waals surface area contributed by atoms with Gasteiger partial charge in [0.05, 0.1) is 0 Å². The largest absolute Gasteiger partial charge is 0.347 e. The van der Waals surface area contributed by atoms with Gasteiger partial charge in [0.25, 0.3) is 0 Å². The Balaban J connectivity index is 0.000000461. The summed E-state index contributed by atoms with van der Waals surface area (Å²) in [6.45, 7) is 7.96. The Morgan fingerprint density at radius 2 is 1.93 bits per heavy atom. The first kappa shape index (κ1) is 10.5. The lowest BCUT2D eigenvalue weighted by atomic mass is 10.2. The first-order valence-electron chi connectivity index (χ1n) is 4.72. The fraction of sp³-hybridized carbons (Fsp3) is 0.400. The third-order valence-corrected chi connectivity index (χ3v) is 2.02. The maximum atomic E-state index is 11.1. The summed E-state index contributed by atoms with van der Waals surface area (Å²) in [6, 6.07) is 1.88. The van der Waals surface area contributed by atoms with Gasteiger partial charge in [-0.15, -0.1) is 0 Å². The van der Waals surface area contributed by atoms with Crippen molar-refractivity contribution >= 4 is 5.65 Å². The molecular formula is C10H15N3O. The van der Waals surface area contributed by atoms with Crippen LogP contribution in [0.4, 0.5) is 0 Å². The molecule has 2 heterocycles. The van der Waals surface area contributed by atoms with Gasteiger partial charge < -0.3 is 0 Å². The van der Waals surface area contributed by atoms with Gasteiger partial charge in [-0.2, -0.15) is 5.10 Å². The predicted molar refractivity (Wildman–Crippen MR) is 56.6 cm³/mol. The highest BCUT2D eigenvalue weighted by Gasteiger charge is 2.00. The van der Waals surface area contributed by atoms with Gasteiger partial charge in [0.2, 0.25) is 0 Å². The van der Waals surface area contributed by atoms with Crippen molar-refractivity contribution < 1.29 is 0 Å². The lowest BCUT2D eigenvalue weighted by Crippen LogP contribution is -2.09. The number of rotatable bonds is 0. The monoisotopic (exact) mass is 193 g/mol. The molecule has 0 saturated carbocycles. The molecule has 0 saturated heterocycles. The van der Waals surface area contributed by atoms with Crippen molar-refractivity contribution in [3.63, 3.8) is 0 Å². The molecule has 0 unspecified atom stereocenters. The molecule has 4 nitrogen and oxygen atoms in total. The fourth-order valence-corrected chi connectivity index (χ4v) is 1.15. The number of fused-ring (bicyclic) bond motifs is 1. The number of nitrogens with zero attached hydrogens (tertiary/aromatic N) is 2. The van der Waals surface area contributed by atoms with Crippen molar-refractivity contribution in [3.8, 4) is 0 Å². The highest BCUT2D eigenvalue weighted by Crippen LogP contribution is 2.06. The third-order valence-electron chi connectivity index (χ3n) is 2.02. The highest BCUT2D eigenvalue weighted by molar-refractivity contribution is 5.42. The summed E-state index contributed by atoms with van der Waals surface area (Å²) in [6.07, 6.45) is 1.79. The van der Waals surface area contributed by atoms with Crippen molar-refractivity contribution in [1.29, 1.82) is 0 Å². The smallest absolute Gasteiger partial charge is 0.250 e. The Labute approximate surface area is 82.6 Å². The Kier molecular flexibility index (Phi) is 3.06. The molecule has 2 aromatic rings. The average Bonchev–Trinajstić information content (AvgIpc) is 2.53. The van der Waals surface area contributed by atoms with Gasteiger partial charge in [0.15, 0.2) is 5.65 Å². The third kappa shape index (κ3) is 1.69. The molecule has 0 aromatic carbocycles. The quantitative estimate of drug-likeness (QED) is 0.691. The molecule has 14 heavy (non-hydrogen) atoms. The van der Waals surface area contributed by atoms with E-state index in [0.717, 1.165) is 11.1 Å². The predicted octanol–water partition coefficient (Wildman–Crippen LogP) is 1.67. The second-order valence-corrected chi connectivity index (χ2v) is 2.90. The molecule has 0 aliphatic rings. The number of aromatic nitrogens is 3. The minimum Gasteiger partial charge on any atom is -0.250 e. The van der Waals surface area contributed by atoms with E-state index in [4.69, 9.17) is 0 Å². The van der Waals surface area contributed by atoms with Crippen LogP contribution in [0.2, 0.25) is 0 Å². The molecule has 0 fully saturated rings. The van der Waals surface area contributed by atoms with Crippen LogP contribution in [0, 0.1) is 13.8 Å². The van der Waals surface area contributed by atoms with E-state index in [9.17, 15) is 4.79 Å². The van der Waals surface area contributed by atoms with E-state index in [2.05, 4.69) is 10.2 Å². The molecule has 1 N–H and O–H groups in total. The van der Waals surface area contributed by atoms with Crippen molar-refractivity contribution in [2.75, 3.05) is 0 Å². The van der Waals surface area contributed by atoms with Crippen LogP contribution in [-0.2, 0) is 0 Å². The van der Waals surface area contributed by atoms with Crippen LogP contribution < -0.4 is 5.69 Å². The molecule has 0 aliphatic carbocycles. The molecule has 0 atom stereocenters. The summed E-state index contributed by atoms with van der Waals surface area (Å²) in [5.41, 5.74) is 2.71. The molecule has 2 aromatic heterocycles. The first-order chi connectivity index (χ1) is 6.68. The van der Waals surface area contributed by atoms with Crippen LogP contribution >= 0.6 is 0 Å². The summed E-state index contributed by atoms with van der Waals surface area (Å²) in [5.74, 6) is 0. The van der Waals surface area contributed by atoms with Gasteiger partial charge in [-0.1, -0.05) is 13.8 Å². The first-order valence-corrected chi connectivity index (χ1v) is 4.72. The summed E-state index contributed by atoms with van der Waals surface area (Å²) >= 11 is 0. The normalized spacial score (nSPS) is 9.71. The number of hydrogen-bond acceptors (Lipinski definition) is 2. The lowest BCUT2D eigenvalue weighted by Gasteiger charge is -1.98. The van der Waals surface area contributed by atoms with Crippen molar-refractivity contribution in [1.82, 2.24) is 14.6 Å². The SMILES string of the molecule is CC.Cc1cc2n[nH]c(=O)n2cc1C. The summed E-state index contributed by atoms with van der Waals surface area (Å²) in [5, 5.41) is 6.23. The zero-order chi connectivity index (χ0) is 10.7. The van der Waals surface area contributed by atoms with Crippen LogP contribution in [-0.4, -0.2) is 14.6 Å². The number of pyridine rings is 1. The number of aromatic amines is 1. The van der Waals surface area contributed by atoms with E-state index in [1.54, 1.807) is 6.20 Å². The molecule has 0 radical (unpaired) electrons. The number of hydrogen-bond donors (Lipinski definition) is 1. The van der Waals surface area contributed by atoms with E-state index in [-0.39, 0.29) is 5.69 Å². The lowest BCUT2D eigenvalue weighted by molar-refractivity contribution is 1.02. The van der Waals surface area contributed by atoms with Crippen molar-refractivity contribution in [2.45, 2.75) is 27.7 Å². The van der Waals surface area contributed by atoms with Gasteiger partial charge in [0.1, 0.15) is 0 Å². The summed E-state index contributed by atoms with van der Waals surface area (Å²) in [7, 11) is 0. The number of aryl methyl sites for hydroxylation is 2. The van der Waals surface area contributed by atoms with Crippen molar-refractivity contribution in [3.05, 3.63) is 33.9 Å². The van der Waals surface area contributed by atoms with Gasteiger partial charge in [-0.3, -0.25) is 4.40 Å². The topological polar surface area (TPSA) is 50.2 Å². The van der Waals surface area contributed by atoms with Crippen LogP contribution in [0.5, 0.6) is 0 Å². The molecule has 76 valence electrons.